The van der Waals surface area contributed by atoms with E-state index in [1.54, 1.807) is 24.3 Å². The van der Waals surface area contributed by atoms with Crippen LogP contribution in [0.25, 0.3) is 0 Å². The number of hydrogen-bond donors (Lipinski definition) is 1. The highest BCUT2D eigenvalue weighted by atomic mass is 19.4. The molecule has 4 nitrogen and oxygen atoms in total. The van der Waals surface area contributed by atoms with E-state index >= 15 is 0 Å². The van der Waals surface area contributed by atoms with Gasteiger partial charge in [-0.15, -0.1) is 0 Å². The number of halogens is 3. The summed E-state index contributed by atoms with van der Waals surface area (Å²) in [4.78, 5) is 11.9. The van der Waals surface area contributed by atoms with E-state index in [1.807, 2.05) is 0 Å². The highest BCUT2D eigenvalue weighted by Gasteiger charge is 2.45. The zero-order chi connectivity index (χ0) is 16.9. The second-order valence-electron chi connectivity index (χ2n) is 5.55. The van der Waals surface area contributed by atoms with Crippen LogP contribution in [0.5, 0.6) is 11.5 Å². The normalized spacial score (nSPS) is 21.6. The van der Waals surface area contributed by atoms with Gasteiger partial charge in [0.05, 0.1) is 13.0 Å². The molecule has 1 aliphatic rings. The maximum atomic E-state index is 13.0. The molecule has 0 heterocycles. The lowest BCUT2D eigenvalue weighted by atomic mass is 9.84. The van der Waals surface area contributed by atoms with E-state index in [2.05, 4.69) is 5.32 Å². The molecule has 1 aromatic rings. The van der Waals surface area contributed by atoms with Crippen molar-refractivity contribution in [2.75, 3.05) is 13.7 Å². The van der Waals surface area contributed by atoms with Gasteiger partial charge in [0.25, 0.3) is 5.91 Å². The van der Waals surface area contributed by atoms with Crippen molar-refractivity contribution < 1.29 is 27.4 Å². The van der Waals surface area contributed by atoms with E-state index in [4.69, 9.17) is 9.47 Å². The number of carbonyl (C=O) groups excluding carboxylic acids is 1. The van der Waals surface area contributed by atoms with Crippen molar-refractivity contribution in [1.82, 2.24) is 5.32 Å². The summed E-state index contributed by atoms with van der Waals surface area (Å²) in [6.45, 7) is -0.346. The Hall–Kier alpha value is -1.92. The van der Waals surface area contributed by atoms with Crippen LogP contribution in [-0.2, 0) is 4.79 Å². The number of para-hydroxylation sites is 2. The SMILES string of the molecule is COc1ccccc1OCC(=O)N[C@H]1CCCC[C@H]1C(F)(F)F. The number of rotatable bonds is 5. The lowest BCUT2D eigenvalue weighted by Gasteiger charge is -2.33. The summed E-state index contributed by atoms with van der Waals surface area (Å²) in [5.74, 6) is -1.20. The van der Waals surface area contributed by atoms with Gasteiger partial charge in [0.2, 0.25) is 0 Å². The number of nitrogens with one attached hydrogen (secondary N) is 1. The molecule has 2 atom stereocenters. The molecule has 0 saturated heterocycles. The number of benzene rings is 1. The van der Waals surface area contributed by atoms with Crippen LogP contribution in [0.3, 0.4) is 0 Å². The number of carbonyl (C=O) groups is 1. The minimum atomic E-state index is -4.29. The first kappa shape index (κ1) is 17.4. The molecule has 1 amide bonds. The Morgan fingerprint density at radius 2 is 1.87 bits per heavy atom. The first-order chi connectivity index (χ1) is 10.9. The lowest BCUT2D eigenvalue weighted by Crippen LogP contribution is -2.48. The van der Waals surface area contributed by atoms with Crippen LogP contribution in [0.4, 0.5) is 13.2 Å². The summed E-state index contributed by atoms with van der Waals surface area (Å²) in [7, 11) is 1.47. The van der Waals surface area contributed by atoms with Crippen LogP contribution in [0.1, 0.15) is 25.7 Å². The molecule has 0 unspecified atom stereocenters. The van der Waals surface area contributed by atoms with Crippen molar-refractivity contribution in [3.63, 3.8) is 0 Å². The van der Waals surface area contributed by atoms with Gasteiger partial charge in [0.1, 0.15) is 0 Å². The Morgan fingerprint density at radius 1 is 1.22 bits per heavy atom. The lowest BCUT2D eigenvalue weighted by molar-refractivity contribution is -0.189. The maximum Gasteiger partial charge on any atom is 0.393 e. The maximum absolute atomic E-state index is 13.0. The quantitative estimate of drug-likeness (QED) is 0.900. The van der Waals surface area contributed by atoms with Gasteiger partial charge < -0.3 is 14.8 Å². The van der Waals surface area contributed by atoms with Crippen molar-refractivity contribution in [1.29, 1.82) is 0 Å². The molecule has 1 aliphatic carbocycles. The fourth-order valence-electron chi connectivity index (χ4n) is 2.83. The van der Waals surface area contributed by atoms with E-state index in [-0.39, 0.29) is 13.0 Å². The van der Waals surface area contributed by atoms with Gasteiger partial charge in [-0.25, -0.2) is 0 Å². The average Bonchev–Trinajstić information content (AvgIpc) is 2.52. The number of ether oxygens (including phenoxy) is 2. The standard InChI is InChI=1S/C16H20F3NO3/c1-22-13-8-4-5-9-14(13)23-10-15(21)20-12-7-3-2-6-11(12)16(17,18)19/h4-5,8-9,11-12H,2-3,6-7,10H2,1H3,(H,20,21)/t11-,12+/m1/s1. The van der Waals surface area contributed by atoms with Crippen molar-refractivity contribution in [2.24, 2.45) is 5.92 Å². The van der Waals surface area contributed by atoms with Crippen molar-refractivity contribution in [3.05, 3.63) is 24.3 Å². The highest BCUT2D eigenvalue weighted by molar-refractivity contribution is 5.78. The van der Waals surface area contributed by atoms with Gasteiger partial charge in [-0.3, -0.25) is 4.79 Å². The van der Waals surface area contributed by atoms with Crippen LogP contribution < -0.4 is 14.8 Å². The van der Waals surface area contributed by atoms with Gasteiger partial charge in [0, 0.05) is 6.04 Å². The second kappa shape index (κ2) is 7.57. The third-order valence-corrected chi connectivity index (χ3v) is 3.96. The molecular formula is C16H20F3NO3. The Kier molecular flexibility index (Phi) is 5.74. The highest BCUT2D eigenvalue weighted by Crippen LogP contribution is 2.37. The first-order valence-electron chi connectivity index (χ1n) is 7.53. The van der Waals surface area contributed by atoms with Crippen LogP contribution in [-0.4, -0.2) is 31.8 Å². The molecule has 7 heteroatoms. The van der Waals surface area contributed by atoms with Crippen LogP contribution in [0.2, 0.25) is 0 Å². The van der Waals surface area contributed by atoms with Crippen molar-refractivity contribution in [3.8, 4) is 11.5 Å². The summed E-state index contributed by atoms with van der Waals surface area (Å²) in [6, 6.07) is 5.90. The third-order valence-electron chi connectivity index (χ3n) is 3.96. The van der Waals surface area contributed by atoms with Crippen LogP contribution in [0.15, 0.2) is 24.3 Å². The molecule has 0 spiro atoms. The molecule has 2 rings (SSSR count). The summed E-state index contributed by atoms with van der Waals surface area (Å²) in [6.07, 6.45) is -2.67. The smallest absolute Gasteiger partial charge is 0.393 e. The predicted octanol–water partition coefficient (Wildman–Crippen LogP) is 3.31. The minimum Gasteiger partial charge on any atom is -0.493 e. The third kappa shape index (κ3) is 4.77. The molecular weight excluding hydrogens is 311 g/mol. The zero-order valence-electron chi connectivity index (χ0n) is 12.9. The Bertz CT molecular complexity index is 534. The number of hydrogen-bond acceptors (Lipinski definition) is 3. The topological polar surface area (TPSA) is 47.6 Å². The van der Waals surface area contributed by atoms with Crippen molar-refractivity contribution >= 4 is 5.91 Å². The van der Waals surface area contributed by atoms with Crippen LogP contribution in [0, 0.1) is 5.92 Å². The van der Waals surface area contributed by atoms with E-state index in [0.29, 0.717) is 30.8 Å². The van der Waals surface area contributed by atoms with E-state index in [0.717, 1.165) is 0 Å². The largest absolute Gasteiger partial charge is 0.493 e. The van der Waals surface area contributed by atoms with Gasteiger partial charge in [-0.2, -0.15) is 13.2 Å². The molecule has 1 aromatic carbocycles. The van der Waals surface area contributed by atoms with E-state index < -0.39 is 24.0 Å². The molecule has 1 fully saturated rings. The molecule has 0 aromatic heterocycles. The molecule has 0 aliphatic heterocycles. The fourth-order valence-corrected chi connectivity index (χ4v) is 2.83. The van der Waals surface area contributed by atoms with Gasteiger partial charge in [0.15, 0.2) is 18.1 Å². The molecule has 0 bridgehead atoms. The Balaban J connectivity index is 1.91. The number of methoxy groups -OCH3 is 1. The minimum absolute atomic E-state index is 0.0574. The van der Waals surface area contributed by atoms with Crippen LogP contribution >= 0.6 is 0 Å². The summed E-state index contributed by atoms with van der Waals surface area (Å²) in [5, 5.41) is 2.46. The molecule has 1 N–H and O–H groups in total. The zero-order valence-corrected chi connectivity index (χ0v) is 12.9. The second-order valence-corrected chi connectivity index (χ2v) is 5.55. The summed E-state index contributed by atoms with van der Waals surface area (Å²) in [5.41, 5.74) is 0. The van der Waals surface area contributed by atoms with E-state index in [9.17, 15) is 18.0 Å². The summed E-state index contributed by atoms with van der Waals surface area (Å²) < 4.78 is 49.4. The summed E-state index contributed by atoms with van der Waals surface area (Å²) >= 11 is 0. The fraction of sp³-hybridized carbons (Fsp3) is 0.562. The van der Waals surface area contributed by atoms with Gasteiger partial charge in [-0.1, -0.05) is 25.0 Å². The van der Waals surface area contributed by atoms with E-state index in [1.165, 1.54) is 7.11 Å². The molecule has 0 radical (unpaired) electrons. The number of amides is 1. The number of alkyl halides is 3. The molecule has 1 saturated carbocycles. The Labute approximate surface area is 133 Å². The molecule has 23 heavy (non-hydrogen) atoms. The monoisotopic (exact) mass is 331 g/mol. The Morgan fingerprint density at radius 3 is 2.52 bits per heavy atom. The van der Waals surface area contributed by atoms with Gasteiger partial charge in [-0.05, 0) is 25.0 Å². The average molecular weight is 331 g/mol. The van der Waals surface area contributed by atoms with Crippen molar-refractivity contribution in [2.45, 2.75) is 37.9 Å². The predicted molar refractivity (Wildman–Crippen MR) is 78.4 cm³/mol. The molecule has 128 valence electrons. The first-order valence-corrected chi connectivity index (χ1v) is 7.53. The van der Waals surface area contributed by atoms with Gasteiger partial charge >= 0.3 is 6.18 Å².